The lowest BCUT2D eigenvalue weighted by atomic mass is 10.1. The summed E-state index contributed by atoms with van der Waals surface area (Å²) in [7, 11) is 3.91. The summed E-state index contributed by atoms with van der Waals surface area (Å²) >= 11 is 5.96. The van der Waals surface area contributed by atoms with E-state index in [1.165, 1.54) is 0 Å². The minimum atomic E-state index is 0.144. The van der Waals surface area contributed by atoms with Crippen LogP contribution in [0.15, 0.2) is 18.2 Å². The van der Waals surface area contributed by atoms with E-state index in [-0.39, 0.29) is 5.78 Å². The fraction of sp³-hybridized carbons (Fsp3) is 0.417. The van der Waals surface area contributed by atoms with Gasteiger partial charge in [-0.2, -0.15) is 0 Å². The molecule has 0 N–H and O–H groups in total. The zero-order valence-corrected chi connectivity index (χ0v) is 10.1. The van der Waals surface area contributed by atoms with Crippen LogP contribution in [0.2, 0.25) is 5.02 Å². The summed E-state index contributed by atoms with van der Waals surface area (Å²) in [6.07, 6.45) is 0.534. The molecule has 0 aliphatic heterocycles. The lowest BCUT2D eigenvalue weighted by Gasteiger charge is -2.08. The number of halogens is 1. The summed E-state index contributed by atoms with van der Waals surface area (Å²) in [5.74, 6) is 0.144. The maximum absolute atomic E-state index is 11.7. The first kappa shape index (κ1) is 12.2. The number of hydrogen-bond acceptors (Lipinski definition) is 2. The molecule has 0 saturated heterocycles. The van der Waals surface area contributed by atoms with E-state index in [0.29, 0.717) is 17.0 Å². The molecule has 0 heterocycles. The molecule has 0 aliphatic rings. The van der Waals surface area contributed by atoms with Crippen LogP contribution < -0.4 is 0 Å². The van der Waals surface area contributed by atoms with E-state index in [9.17, 15) is 4.79 Å². The van der Waals surface area contributed by atoms with Gasteiger partial charge in [0.1, 0.15) is 0 Å². The normalized spacial score (nSPS) is 10.7. The molecule has 1 aromatic rings. The lowest BCUT2D eigenvalue weighted by Crippen LogP contribution is -2.16. The number of Topliss-reactive ketones (excluding diaryl/α,β-unsaturated/α-hetero) is 1. The summed E-state index contributed by atoms with van der Waals surface area (Å²) in [4.78, 5) is 13.7. The van der Waals surface area contributed by atoms with Crippen LogP contribution in [0.5, 0.6) is 0 Å². The van der Waals surface area contributed by atoms with E-state index in [1.807, 2.05) is 38.1 Å². The minimum absolute atomic E-state index is 0.144. The summed E-state index contributed by atoms with van der Waals surface area (Å²) < 4.78 is 0. The molecule has 0 radical (unpaired) electrons. The Balaban J connectivity index is 2.70. The van der Waals surface area contributed by atoms with E-state index in [1.54, 1.807) is 6.07 Å². The monoisotopic (exact) mass is 225 g/mol. The fourth-order valence-corrected chi connectivity index (χ4v) is 1.42. The molecule has 0 aliphatic carbocycles. The molecule has 1 aromatic carbocycles. The van der Waals surface area contributed by atoms with Crippen molar-refractivity contribution in [1.82, 2.24) is 4.90 Å². The molecule has 0 fully saturated rings. The van der Waals surface area contributed by atoms with Crippen molar-refractivity contribution in [2.75, 3.05) is 20.6 Å². The van der Waals surface area contributed by atoms with Crippen molar-refractivity contribution in [2.24, 2.45) is 0 Å². The molecule has 2 nitrogen and oxygen atoms in total. The van der Waals surface area contributed by atoms with Crippen molar-refractivity contribution in [3.63, 3.8) is 0 Å². The first-order chi connectivity index (χ1) is 7.00. The second kappa shape index (κ2) is 5.29. The molecule has 0 bridgehead atoms. The van der Waals surface area contributed by atoms with Crippen LogP contribution in [0.3, 0.4) is 0 Å². The Labute approximate surface area is 95.8 Å². The minimum Gasteiger partial charge on any atom is -0.309 e. The molecule has 15 heavy (non-hydrogen) atoms. The zero-order valence-electron chi connectivity index (χ0n) is 9.38. The van der Waals surface area contributed by atoms with E-state index in [2.05, 4.69) is 0 Å². The maximum Gasteiger partial charge on any atom is 0.164 e. The third-order valence-corrected chi connectivity index (χ3v) is 2.69. The van der Waals surface area contributed by atoms with Crippen LogP contribution in [0.25, 0.3) is 0 Å². The third kappa shape index (κ3) is 3.65. The van der Waals surface area contributed by atoms with E-state index < -0.39 is 0 Å². The van der Waals surface area contributed by atoms with Crippen molar-refractivity contribution >= 4 is 17.4 Å². The zero-order chi connectivity index (χ0) is 11.4. The van der Waals surface area contributed by atoms with Crippen molar-refractivity contribution in [3.05, 3.63) is 34.3 Å². The van der Waals surface area contributed by atoms with Crippen LogP contribution in [0, 0.1) is 6.92 Å². The highest BCUT2D eigenvalue weighted by Crippen LogP contribution is 2.17. The van der Waals surface area contributed by atoms with Gasteiger partial charge in [0.05, 0.1) is 0 Å². The van der Waals surface area contributed by atoms with Gasteiger partial charge in [-0.1, -0.05) is 23.7 Å². The van der Waals surface area contributed by atoms with Crippen molar-refractivity contribution in [1.29, 1.82) is 0 Å². The number of aryl methyl sites for hydroxylation is 1. The molecule has 82 valence electrons. The average molecular weight is 226 g/mol. The summed E-state index contributed by atoms with van der Waals surface area (Å²) in [5, 5.41) is 0.658. The number of ketones is 1. The second-order valence-electron chi connectivity index (χ2n) is 3.94. The Kier molecular flexibility index (Phi) is 4.30. The fourth-order valence-electron chi connectivity index (χ4n) is 1.24. The Morgan fingerprint density at radius 3 is 2.60 bits per heavy atom. The molecule has 0 unspecified atom stereocenters. The SMILES string of the molecule is Cc1ccc(C(=O)CCN(C)C)cc1Cl. The Bertz CT molecular complexity index is 361. The lowest BCUT2D eigenvalue weighted by molar-refractivity contribution is 0.0972. The van der Waals surface area contributed by atoms with Gasteiger partial charge in [-0.05, 0) is 32.6 Å². The van der Waals surface area contributed by atoms with Crippen LogP contribution in [0.4, 0.5) is 0 Å². The van der Waals surface area contributed by atoms with E-state index >= 15 is 0 Å². The topological polar surface area (TPSA) is 20.3 Å². The van der Waals surface area contributed by atoms with Crippen LogP contribution in [-0.2, 0) is 0 Å². The Morgan fingerprint density at radius 1 is 1.40 bits per heavy atom. The van der Waals surface area contributed by atoms with Gasteiger partial charge in [0.25, 0.3) is 0 Å². The number of carbonyl (C=O) groups excluding carboxylic acids is 1. The summed E-state index contributed by atoms with van der Waals surface area (Å²) in [6, 6.07) is 5.46. The van der Waals surface area contributed by atoms with Crippen molar-refractivity contribution in [3.8, 4) is 0 Å². The summed E-state index contributed by atoms with van der Waals surface area (Å²) in [6.45, 7) is 2.70. The standard InChI is InChI=1S/C12H16ClNO/c1-9-4-5-10(8-11(9)13)12(15)6-7-14(2)3/h4-5,8H,6-7H2,1-3H3. The molecular weight excluding hydrogens is 210 g/mol. The van der Waals surface area contributed by atoms with Crippen molar-refractivity contribution < 1.29 is 4.79 Å². The highest BCUT2D eigenvalue weighted by Gasteiger charge is 2.07. The highest BCUT2D eigenvalue weighted by molar-refractivity contribution is 6.31. The molecule has 1 rings (SSSR count). The van der Waals surface area contributed by atoms with Crippen molar-refractivity contribution in [2.45, 2.75) is 13.3 Å². The quantitative estimate of drug-likeness (QED) is 0.735. The van der Waals surface area contributed by atoms with Gasteiger partial charge < -0.3 is 4.90 Å². The first-order valence-corrected chi connectivity index (χ1v) is 5.32. The number of hydrogen-bond donors (Lipinski definition) is 0. The predicted octanol–water partition coefficient (Wildman–Crippen LogP) is 2.78. The molecule has 0 amide bonds. The van der Waals surface area contributed by atoms with Crippen LogP contribution in [0.1, 0.15) is 22.3 Å². The van der Waals surface area contributed by atoms with Gasteiger partial charge in [-0.3, -0.25) is 4.79 Å². The molecule has 0 atom stereocenters. The largest absolute Gasteiger partial charge is 0.309 e. The van der Waals surface area contributed by atoms with Gasteiger partial charge in [-0.25, -0.2) is 0 Å². The Morgan fingerprint density at radius 2 is 2.07 bits per heavy atom. The molecule has 0 spiro atoms. The van der Waals surface area contributed by atoms with E-state index in [0.717, 1.165) is 12.1 Å². The second-order valence-corrected chi connectivity index (χ2v) is 4.35. The molecule has 0 aromatic heterocycles. The van der Waals surface area contributed by atoms with E-state index in [4.69, 9.17) is 11.6 Å². The number of carbonyl (C=O) groups is 1. The maximum atomic E-state index is 11.7. The van der Waals surface area contributed by atoms with Crippen LogP contribution in [-0.4, -0.2) is 31.3 Å². The first-order valence-electron chi connectivity index (χ1n) is 4.95. The molecule has 3 heteroatoms. The number of benzene rings is 1. The molecule has 0 saturated carbocycles. The van der Waals surface area contributed by atoms with Gasteiger partial charge in [-0.15, -0.1) is 0 Å². The van der Waals surface area contributed by atoms with Gasteiger partial charge in [0.15, 0.2) is 5.78 Å². The number of nitrogens with zero attached hydrogens (tertiary/aromatic N) is 1. The van der Waals surface area contributed by atoms with Gasteiger partial charge in [0.2, 0.25) is 0 Å². The van der Waals surface area contributed by atoms with Gasteiger partial charge in [0, 0.05) is 23.6 Å². The molecular formula is C12H16ClNO. The Hall–Kier alpha value is -0.860. The number of rotatable bonds is 4. The van der Waals surface area contributed by atoms with Gasteiger partial charge >= 0.3 is 0 Å². The highest BCUT2D eigenvalue weighted by atomic mass is 35.5. The van der Waals surface area contributed by atoms with Crippen LogP contribution >= 0.6 is 11.6 Å². The predicted molar refractivity (Wildman–Crippen MR) is 63.7 cm³/mol. The smallest absolute Gasteiger partial charge is 0.164 e. The third-order valence-electron chi connectivity index (χ3n) is 2.28. The average Bonchev–Trinajstić information content (AvgIpc) is 2.18. The summed E-state index contributed by atoms with van der Waals surface area (Å²) in [5.41, 5.74) is 1.70.